The van der Waals surface area contributed by atoms with Crippen molar-refractivity contribution in [1.29, 1.82) is 0 Å². The van der Waals surface area contributed by atoms with Crippen molar-refractivity contribution in [3.05, 3.63) is 34.6 Å². The van der Waals surface area contributed by atoms with Gasteiger partial charge in [-0.05, 0) is 31.0 Å². The largest absolute Gasteiger partial charge is 0.396 e. The standard InChI is InChI=1S/C12H15ClFNO/c13-11-2-1-3-12(14)10(11)7-15-5-4-9(6-15)8-16/h1-3,9,16H,4-8H2/t9-/m0/s1. The fourth-order valence-corrected chi connectivity index (χ4v) is 2.34. The lowest BCUT2D eigenvalue weighted by Gasteiger charge is -2.16. The number of halogens is 2. The highest BCUT2D eigenvalue weighted by Gasteiger charge is 2.23. The van der Waals surface area contributed by atoms with Crippen LogP contribution in [0.3, 0.4) is 0 Å². The summed E-state index contributed by atoms with van der Waals surface area (Å²) in [7, 11) is 0. The number of aliphatic hydroxyl groups excluding tert-OH is 1. The predicted molar refractivity (Wildman–Crippen MR) is 61.9 cm³/mol. The number of rotatable bonds is 3. The van der Waals surface area contributed by atoms with E-state index in [9.17, 15) is 4.39 Å². The van der Waals surface area contributed by atoms with Gasteiger partial charge in [-0.3, -0.25) is 4.90 Å². The molecule has 1 N–H and O–H groups in total. The lowest BCUT2D eigenvalue weighted by molar-refractivity contribution is 0.219. The van der Waals surface area contributed by atoms with Crippen LogP contribution in [0.2, 0.25) is 5.02 Å². The zero-order valence-electron chi connectivity index (χ0n) is 9.00. The Balaban J connectivity index is 2.04. The molecule has 0 aromatic heterocycles. The molecule has 1 atom stereocenters. The molecule has 2 rings (SSSR count). The second kappa shape index (κ2) is 5.13. The molecule has 0 spiro atoms. The Bertz CT molecular complexity index is 352. The van der Waals surface area contributed by atoms with Gasteiger partial charge in [0.2, 0.25) is 0 Å². The first-order chi connectivity index (χ1) is 7.70. The van der Waals surface area contributed by atoms with E-state index < -0.39 is 0 Å². The summed E-state index contributed by atoms with van der Waals surface area (Å²) in [5.41, 5.74) is 0.558. The monoisotopic (exact) mass is 243 g/mol. The Hall–Kier alpha value is -0.640. The Kier molecular flexibility index (Phi) is 3.79. The van der Waals surface area contributed by atoms with Crippen molar-refractivity contribution >= 4 is 11.6 Å². The molecule has 2 nitrogen and oxygen atoms in total. The highest BCUT2D eigenvalue weighted by Crippen LogP contribution is 2.24. The maximum Gasteiger partial charge on any atom is 0.129 e. The molecule has 0 saturated carbocycles. The summed E-state index contributed by atoms with van der Waals surface area (Å²) in [6.07, 6.45) is 0.975. The van der Waals surface area contributed by atoms with Crippen molar-refractivity contribution in [3.63, 3.8) is 0 Å². The second-order valence-corrected chi connectivity index (χ2v) is 4.68. The van der Waals surface area contributed by atoms with Crippen LogP contribution in [0, 0.1) is 11.7 Å². The first-order valence-electron chi connectivity index (χ1n) is 5.47. The van der Waals surface area contributed by atoms with Crippen LogP contribution < -0.4 is 0 Å². The molecular formula is C12H15ClFNO. The molecule has 1 aromatic rings. The van der Waals surface area contributed by atoms with Crippen LogP contribution >= 0.6 is 11.6 Å². The van der Waals surface area contributed by atoms with E-state index in [0.29, 0.717) is 23.0 Å². The van der Waals surface area contributed by atoms with Crippen molar-refractivity contribution in [1.82, 2.24) is 4.90 Å². The minimum absolute atomic E-state index is 0.210. The van der Waals surface area contributed by atoms with Crippen LogP contribution in [-0.4, -0.2) is 29.7 Å². The summed E-state index contributed by atoms with van der Waals surface area (Å²) < 4.78 is 13.5. The number of hydrogen-bond acceptors (Lipinski definition) is 2. The van der Waals surface area contributed by atoms with Crippen molar-refractivity contribution in [2.45, 2.75) is 13.0 Å². The molecule has 1 saturated heterocycles. The average Bonchev–Trinajstić information content (AvgIpc) is 2.71. The predicted octanol–water partition coefficient (Wildman–Crippen LogP) is 2.29. The number of aliphatic hydroxyl groups is 1. The van der Waals surface area contributed by atoms with Crippen molar-refractivity contribution < 1.29 is 9.50 Å². The SMILES string of the molecule is OC[C@H]1CCN(Cc2c(F)cccc2Cl)C1. The Morgan fingerprint density at radius 2 is 2.31 bits per heavy atom. The summed E-state index contributed by atoms with van der Waals surface area (Å²) in [6, 6.07) is 4.75. The fraction of sp³-hybridized carbons (Fsp3) is 0.500. The summed E-state index contributed by atoms with van der Waals surface area (Å²) in [5, 5.41) is 9.51. The zero-order chi connectivity index (χ0) is 11.5. The van der Waals surface area contributed by atoms with E-state index in [-0.39, 0.29) is 12.4 Å². The van der Waals surface area contributed by atoms with Gasteiger partial charge in [0.1, 0.15) is 5.82 Å². The van der Waals surface area contributed by atoms with Crippen LogP contribution in [0.25, 0.3) is 0 Å². The highest BCUT2D eigenvalue weighted by molar-refractivity contribution is 6.31. The van der Waals surface area contributed by atoms with E-state index in [0.717, 1.165) is 19.5 Å². The lowest BCUT2D eigenvalue weighted by Crippen LogP contribution is -2.21. The number of hydrogen-bond donors (Lipinski definition) is 1. The topological polar surface area (TPSA) is 23.5 Å². The van der Waals surface area contributed by atoms with Crippen LogP contribution in [0.1, 0.15) is 12.0 Å². The number of benzene rings is 1. The molecule has 16 heavy (non-hydrogen) atoms. The van der Waals surface area contributed by atoms with Gasteiger partial charge in [0, 0.05) is 30.3 Å². The molecule has 1 fully saturated rings. The smallest absolute Gasteiger partial charge is 0.129 e. The van der Waals surface area contributed by atoms with E-state index >= 15 is 0 Å². The van der Waals surface area contributed by atoms with Gasteiger partial charge in [-0.2, -0.15) is 0 Å². The van der Waals surface area contributed by atoms with Gasteiger partial charge in [0.05, 0.1) is 0 Å². The molecule has 1 heterocycles. The molecule has 0 amide bonds. The molecule has 1 aromatic carbocycles. The first-order valence-corrected chi connectivity index (χ1v) is 5.84. The fourth-order valence-electron chi connectivity index (χ4n) is 2.11. The van der Waals surface area contributed by atoms with E-state index in [4.69, 9.17) is 16.7 Å². The minimum Gasteiger partial charge on any atom is -0.396 e. The van der Waals surface area contributed by atoms with Gasteiger partial charge in [-0.15, -0.1) is 0 Å². The summed E-state index contributed by atoms with van der Waals surface area (Å²) >= 11 is 5.96. The van der Waals surface area contributed by atoms with E-state index in [2.05, 4.69) is 4.90 Å². The van der Waals surface area contributed by atoms with Crippen LogP contribution in [0.15, 0.2) is 18.2 Å². The highest BCUT2D eigenvalue weighted by atomic mass is 35.5. The van der Waals surface area contributed by atoms with Gasteiger partial charge in [-0.1, -0.05) is 17.7 Å². The van der Waals surface area contributed by atoms with E-state index in [1.807, 2.05) is 0 Å². The maximum absolute atomic E-state index is 13.5. The third-order valence-electron chi connectivity index (χ3n) is 3.07. The molecule has 0 bridgehead atoms. The van der Waals surface area contributed by atoms with Gasteiger partial charge >= 0.3 is 0 Å². The van der Waals surface area contributed by atoms with Crippen LogP contribution in [0.4, 0.5) is 4.39 Å². The third-order valence-corrected chi connectivity index (χ3v) is 3.43. The third kappa shape index (κ3) is 2.54. The molecule has 1 aliphatic rings. The van der Waals surface area contributed by atoms with Gasteiger partial charge in [0.15, 0.2) is 0 Å². The zero-order valence-corrected chi connectivity index (χ0v) is 9.75. The first kappa shape index (κ1) is 11.8. The molecule has 0 radical (unpaired) electrons. The average molecular weight is 244 g/mol. The van der Waals surface area contributed by atoms with Crippen LogP contribution in [-0.2, 0) is 6.54 Å². The van der Waals surface area contributed by atoms with Crippen LogP contribution in [0.5, 0.6) is 0 Å². The summed E-state index contributed by atoms with van der Waals surface area (Å²) in [4.78, 5) is 2.13. The van der Waals surface area contributed by atoms with Gasteiger partial charge < -0.3 is 5.11 Å². The normalized spacial score (nSPS) is 21.6. The van der Waals surface area contributed by atoms with E-state index in [1.54, 1.807) is 12.1 Å². The number of nitrogens with zero attached hydrogens (tertiary/aromatic N) is 1. The Morgan fingerprint density at radius 3 is 2.94 bits per heavy atom. The molecule has 4 heteroatoms. The Morgan fingerprint density at radius 1 is 1.50 bits per heavy atom. The molecule has 0 unspecified atom stereocenters. The molecule has 88 valence electrons. The maximum atomic E-state index is 13.5. The summed E-state index contributed by atoms with van der Waals surface area (Å²) in [5.74, 6) is 0.0745. The number of likely N-dealkylation sites (tertiary alicyclic amines) is 1. The lowest BCUT2D eigenvalue weighted by atomic mass is 10.1. The van der Waals surface area contributed by atoms with Crippen molar-refractivity contribution in [3.8, 4) is 0 Å². The molecule has 1 aliphatic heterocycles. The quantitative estimate of drug-likeness (QED) is 0.881. The van der Waals surface area contributed by atoms with E-state index in [1.165, 1.54) is 6.07 Å². The van der Waals surface area contributed by atoms with Gasteiger partial charge in [0.25, 0.3) is 0 Å². The van der Waals surface area contributed by atoms with Crippen molar-refractivity contribution in [2.75, 3.05) is 19.7 Å². The Labute approximate surface area is 99.6 Å². The minimum atomic E-state index is -0.250. The molecular weight excluding hydrogens is 229 g/mol. The van der Waals surface area contributed by atoms with Crippen molar-refractivity contribution in [2.24, 2.45) is 5.92 Å². The summed E-state index contributed by atoms with van der Waals surface area (Å²) in [6.45, 7) is 2.46. The second-order valence-electron chi connectivity index (χ2n) is 4.27. The van der Waals surface area contributed by atoms with Gasteiger partial charge in [-0.25, -0.2) is 4.39 Å². The molecule has 0 aliphatic carbocycles.